The maximum absolute atomic E-state index is 11.9. The Bertz CT molecular complexity index is 461. The van der Waals surface area contributed by atoms with Crippen LogP contribution in [0.2, 0.25) is 0 Å². The summed E-state index contributed by atoms with van der Waals surface area (Å²) in [7, 11) is 0. The molecule has 1 aliphatic rings. The first-order valence-corrected chi connectivity index (χ1v) is 8.19. The highest BCUT2D eigenvalue weighted by atomic mass is 79.9. The number of halogens is 1. The van der Waals surface area contributed by atoms with Crippen molar-refractivity contribution in [2.45, 2.75) is 38.3 Å². The van der Waals surface area contributed by atoms with Gasteiger partial charge in [-0.15, -0.1) is 0 Å². The summed E-state index contributed by atoms with van der Waals surface area (Å²) in [5.41, 5.74) is 1.08. The number of amides is 1. The minimum Gasteiger partial charge on any atom is -0.378 e. The second-order valence-electron chi connectivity index (χ2n) is 5.27. The number of hydrogen-bond donors (Lipinski definition) is 1. The number of carbonyl (C=O) groups excluding carboxylic acids is 1. The molecule has 5 heteroatoms. The van der Waals surface area contributed by atoms with Crippen LogP contribution >= 0.6 is 15.9 Å². The molecule has 1 amide bonds. The van der Waals surface area contributed by atoms with Crippen molar-refractivity contribution in [3.05, 3.63) is 34.3 Å². The zero-order chi connectivity index (χ0) is 15.1. The van der Waals surface area contributed by atoms with Crippen LogP contribution in [0.3, 0.4) is 0 Å². The molecule has 2 atom stereocenters. The Morgan fingerprint density at radius 2 is 2.33 bits per heavy atom. The zero-order valence-electron chi connectivity index (χ0n) is 12.3. The van der Waals surface area contributed by atoms with E-state index in [-0.39, 0.29) is 18.1 Å². The van der Waals surface area contributed by atoms with Gasteiger partial charge in [0.05, 0.1) is 25.4 Å². The third kappa shape index (κ3) is 5.41. The first-order valence-electron chi connectivity index (χ1n) is 7.40. The van der Waals surface area contributed by atoms with Gasteiger partial charge in [-0.3, -0.25) is 4.79 Å². The molecule has 4 nitrogen and oxygen atoms in total. The monoisotopic (exact) mass is 355 g/mol. The van der Waals surface area contributed by atoms with E-state index in [1.54, 1.807) is 0 Å². The van der Waals surface area contributed by atoms with Crippen molar-refractivity contribution in [1.82, 2.24) is 5.32 Å². The molecule has 116 valence electrons. The van der Waals surface area contributed by atoms with Gasteiger partial charge >= 0.3 is 0 Å². The molecule has 1 saturated heterocycles. The van der Waals surface area contributed by atoms with Gasteiger partial charge in [0.25, 0.3) is 0 Å². The number of benzene rings is 1. The van der Waals surface area contributed by atoms with Gasteiger partial charge < -0.3 is 14.8 Å². The third-order valence-corrected chi connectivity index (χ3v) is 4.27. The molecule has 0 aliphatic carbocycles. The molecule has 1 aliphatic heterocycles. The number of ether oxygens (including phenoxy) is 2. The number of carbonyl (C=O) groups is 1. The summed E-state index contributed by atoms with van der Waals surface area (Å²) >= 11 is 3.50. The first-order chi connectivity index (χ1) is 10.2. The molecular formula is C16H22BrNO3. The highest BCUT2D eigenvalue weighted by Crippen LogP contribution is 2.22. The summed E-state index contributed by atoms with van der Waals surface area (Å²) in [6.45, 7) is 3.84. The van der Waals surface area contributed by atoms with Gasteiger partial charge in [-0.1, -0.05) is 34.1 Å². The van der Waals surface area contributed by atoms with E-state index in [9.17, 15) is 4.79 Å². The summed E-state index contributed by atoms with van der Waals surface area (Å²) < 4.78 is 12.0. The van der Waals surface area contributed by atoms with E-state index < -0.39 is 0 Å². The normalized spacial score (nSPS) is 19.4. The molecular weight excluding hydrogens is 334 g/mol. The van der Waals surface area contributed by atoms with Gasteiger partial charge in [-0.2, -0.15) is 0 Å². The van der Waals surface area contributed by atoms with Crippen LogP contribution in [0, 0.1) is 0 Å². The Labute approximate surface area is 134 Å². The Morgan fingerprint density at radius 1 is 1.52 bits per heavy atom. The second kappa shape index (κ2) is 8.51. The molecule has 21 heavy (non-hydrogen) atoms. The van der Waals surface area contributed by atoms with Crippen LogP contribution in [0.25, 0.3) is 0 Å². The van der Waals surface area contributed by atoms with Gasteiger partial charge in [0, 0.05) is 17.5 Å². The minimum absolute atomic E-state index is 0.00518. The van der Waals surface area contributed by atoms with Crippen LogP contribution in [0.4, 0.5) is 0 Å². The van der Waals surface area contributed by atoms with E-state index in [4.69, 9.17) is 9.47 Å². The molecule has 0 radical (unpaired) electrons. The van der Waals surface area contributed by atoms with E-state index in [0.29, 0.717) is 19.6 Å². The standard InChI is InChI=1S/C16H22BrNO3/c1-12(14-6-2-3-7-15(14)17)18-16(19)8-10-20-11-13-5-4-9-21-13/h2-3,6-7,12-13H,4-5,8-11H2,1H3,(H,18,19)/t12-,13-/m1/s1. The van der Waals surface area contributed by atoms with Crippen molar-refractivity contribution in [2.75, 3.05) is 19.8 Å². The lowest BCUT2D eigenvalue weighted by Crippen LogP contribution is -2.28. The van der Waals surface area contributed by atoms with Crippen LogP contribution in [-0.2, 0) is 14.3 Å². The quantitative estimate of drug-likeness (QED) is 0.764. The number of rotatable bonds is 7. The average Bonchev–Trinajstić information content (AvgIpc) is 2.97. The molecule has 0 aromatic heterocycles. The Hall–Kier alpha value is -0.910. The predicted molar refractivity (Wildman–Crippen MR) is 85.1 cm³/mol. The molecule has 0 unspecified atom stereocenters. The summed E-state index contributed by atoms with van der Waals surface area (Å²) in [6.07, 6.45) is 2.76. The highest BCUT2D eigenvalue weighted by Gasteiger charge is 2.16. The fourth-order valence-electron chi connectivity index (χ4n) is 2.37. The van der Waals surface area contributed by atoms with Crippen molar-refractivity contribution >= 4 is 21.8 Å². The molecule has 1 heterocycles. The third-order valence-electron chi connectivity index (χ3n) is 3.55. The van der Waals surface area contributed by atoms with Crippen molar-refractivity contribution in [1.29, 1.82) is 0 Å². The van der Waals surface area contributed by atoms with Gasteiger partial charge in [0.1, 0.15) is 0 Å². The van der Waals surface area contributed by atoms with Crippen LogP contribution in [0.5, 0.6) is 0 Å². The van der Waals surface area contributed by atoms with Crippen LogP contribution < -0.4 is 5.32 Å². The van der Waals surface area contributed by atoms with E-state index in [1.165, 1.54) is 0 Å². The van der Waals surface area contributed by atoms with Crippen molar-refractivity contribution in [3.8, 4) is 0 Å². The average molecular weight is 356 g/mol. The molecule has 1 N–H and O–H groups in total. The molecule has 0 saturated carbocycles. The molecule has 1 aromatic carbocycles. The lowest BCUT2D eigenvalue weighted by Gasteiger charge is -2.16. The Morgan fingerprint density at radius 3 is 3.05 bits per heavy atom. The second-order valence-corrected chi connectivity index (χ2v) is 6.12. The van der Waals surface area contributed by atoms with Crippen molar-refractivity contribution in [2.24, 2.45) is 0 Å². The van der Waals surface area contributed by atoms with E-state index in [0.717, 1.165) is 29.5 Å². The first kappa shape index (κ1) is 16.5. The molecule has 1 fully saturated rings. The summed E-state index contributed by atoms with van der Waals surface area (Å²) in [5, 5.41) is 2.99. The SMILES string of the molecule is C[C@@H](NC(=O)CCOC[C@H]1CCCO1)c1ccccc1Br. The van der Waals surface area contributed by atoms with Crippen molar-refractivity contribution in [3.63, 3.8) is 0 Å². The minimum atomic E-state index is -0.0220. The zero-order valence-corrected chi connectivity index (χ0v) is 13.9. The Kier molecular flexibility index (Phi) is 6.67. The van der Waals surface area contributed by atoms with E-state index in [1.807, 2.05) is 31.2 Å². The number of hydrogen-bond acceptors (Lipinski definition) is 3. The van der Waals surface area contributed by atoms with Crippen molar-refractivity contribution < 1.29 is 14.3 Å². The Balaban J connectivity index is 1.65. The van der Waals surface area contributed by atoms with Gasteiger partial charge in [-0.25, -0.2) is 0 Å². The largest absolute Gasteiger partial charge is 0.378 e. The summed E-state index contributed by atoms with van der Waals surface area (Å²) in [5.74, 6) is 0.00518. The molecule has 0 spiro atoms. The highest BCUT2D eigenvalue weighted by molar-refractivity contribution is 9.10. The van der Waals surface area contributed by atoms with Crippen LogP contribution in [-0.4, -0.2) is 31.8 Å². The summed E-state index contributed by atoms with van der Waals surface area (Å²) in [4.78, 5) is 11.9. The molecule has 2 rings (SSSR count). The van der Waals surface area contributed by atoms with E-state index in [2.05, 4.69) is 21.2 Å². The lowest BCUT2D eigenvalue weighted by atomic mass is 10.1. The number of nitrogens with one attached hydrogen (secondary N) is 1. The summed E-state index contributed by atoms with van der Waals surface area (Å²) in [6, 6.07) is 7.88. The predicted octanol–water partition coefficient (Wildman–Crippen LogP) is 3.21. The maximum Gasteiger partial charge on any atom is 0.222 e. The smallest absolute Gasteiger partial charge is 0.222 e. The fourth-order valence-corrected chi connectivity index (χ4v) is 3.00. The van der Waals surface area contributed by atoms with Gasteiger partial charge in [0.2, 0.25) is 5.91 Å². The topological polar surface area (TPSA) is 47.6 Å². The van der Waals surface area contributed by atoms with Crippen LogP contribution in [0.15, 0.2) is 28.7 Å². The van der Waals surface area contributed by atoms with Gasteiger partial charge in [-0.05, 0) is 31.4 Å². The van der Waals surface area contributed by atoms with Gasteiger partial charge in [0.15, 0.2) is 0 Å². The van der Waals surface area contributed by atoms with E-state index >= 15 is 0 Å². The maximum atomic E-state index is 11.9. The molecule has 0 bridgehead atoms. The van der Waals surface area contributed by atoms with Crippen LogP contribution in [0.1, 0.15) is 37.8 Å². The molecule has 1 aromatic rings. The lowest BCUT2D eigenvalue weighted by molar-refractivity contribution is -0.123. The fraction of sp³-hybridized carbons (Fsp3) is 0.562.